The van der Waals surface area contributed by atoms with Crippen LogP contribution in [0.3, 0.4) is 0 Å². The average molecular weight is 641 g/mol. The fourth-order valence-corrected chi connectivity index (χ4v) is 12.0. The zero-order chi connectivity index (χ0) is 31.4. The molecular formula is C32H42ClN4O4PSi. The van der Waals surface area contributed by atoms with Crippen molar-refractivity contribution in [1.29, 1.82) is 0 Å². The molecule has 0 saturated carbocycles. The molecule has 4 rings (SSSR count). The SMILES string of the molecule is C/C(=C\C(Cn1cnc2c(Cl)ncnc21)O[Si](c1ccccc1)(c1ccccc1)C(C)(C)C)P(=O)(OC(C)C)OC(C)C. The fraction of sp³-hybridized carbons (Fsp3) is 0.406. The second-order valence-corrected chi connectivity index (χ2v) is 18.9. The quantitative estimate of drug-likeness (QED) is 0.0907. The Morgan fingerprint density at radius 2 is 1.47 bits per heavy atom. The van der Waals surface area contributed by atoms with Crippen molar-refractivity contribution in [2.75, 3.05) is 0 Å². The molecule has 8 nitrogen and oxygen atoms in total. The van der Waals surface area contributed by atoms with Crippen LogP contribution < -0.4 is 10.4 Å². The summed E-state index contributed by atoms with van der Waals surface area (Å²) in [5, 5.41) is 2.73. The highest BCUT2D eigenvalue weighted by Gasteiger charge is 2.51. The molecule has 0 aliphatic carbocycles. The lowest BCUT2D eigenvalue weighted by Gasteiger charge is -2.45. The maximum Gasteiger partial charge on any atom is 0.357 e. The first-order valence-electron chi connectivity index (χ1n) is 14.5. The van der Waals surface area contributed by atoms with Crippen molar-refractivity contribution in [1.82, 2.24) is 19.5 Å². The smallest absolute Gasteiger partial charge is 0.357 e. The van der Waals surface area contributed by atoms with Crippen molar-refractivity contribution in [3.8, 4) is 0 Å². The van der Waals surface area contributed by atoms with Gasteiger partial charge in [-0.15, -0.1) is 0 Å². The summed E-state index contributed by atoms with van der Waals surface area (Å²) in [4.78, 5) is 13.0. The number of rotatable bonds is 12. The molecule has 2 aromatic carbocycles. The first-order chi connectivity index (χ1) is 20.3. The highest BCUT2D eigenvalue weighted by Crippen LogP contribution is 2.58. The molecule has 11 heteroatoms. The third kappa shape index (κ3) is 7.36. The monoisotopic (exact) mass is 640 g/mol. The van der Waals surface area contributed by atoms with Crippen LogP contribution in [0, 0.1) is 0 Å². The van der Waals surface area contributed by atoms with E-state index >= 15 is 0 Å². The van der Waals surface area contributed by atoms with Crippen LogP contribution in [0.15, 0.2) is 84.7 Å². The van der Waals surface area contributed by atoms with Crippen LogP contribution in [0.5, 0.6) is 0 Å². The highest BCUT2D eigenvalue weighted by molar-refractivity contribution is 7.58. The van der Waals surface area contributed by atoms with Crippen molar-refractivity contribution in [2.45, 2.75) is 85.3 Å². The van der Waals surface area contributed by atoms with Gasteiger partial charge in [-0.05, 0) is 56.1 Å². The van der Waals surface area contributed by atoms with E-state index in [1.807, 2.05) is 50.5 Å². The van der Waals surface area contributed by atoms with Gasteiger partial charge in [-0.1, -0.05) is 93.0 Å². The molecule has 0 radical (unpaired) electrons. The van der Waals surface area contributed by atoms with Crippen LogP contribution in [-0.2, 0) is 24.6 Å². The molecule has 0 aliphatic heterocycles. The van der Waals surface area contributed by atoms with E-state index in [-0.39, 0.29) is 22.4 Å². The van der Waals surface area contributed by atoms with Gasteiger partial charge in [-0.3, -0.25) is 4.57 Å². The summed E-state index contributed by atoms with van der Waals surface area (Å²) in [6.07, 6.45) is 3.81. The summed E-state index contributed by atoms with van der Waals surface area (Å²) in [5.74, 6) is 0. The van der Waals surface area contributed by atoms with Crippen LogP contribution in [0.25, 0.3) is 11.2 Å². The van der Waals surface area contributed by atoms with Crippen molar-refractivity contribution >= 4 is 49.1 Å². The normalized spacial score (nSPS) is 14.2. The van der Waals surface area contributed by atoms with E-state index in [9.17, 15) is 4.57 Å². The summed E-state index contributed by atoms with van der Waals surface area (Å²) >= 11 is 6.34. The van der Waals surface area contributed by atoms with E-state index in [0.29, 0.717) is 23.0 Å². The van der Waals surface area contributed by atoms with Gasteiger partial charge in [0.15, 0.2) is 10.8 Å². The predicted octanol–water partition coefficient (Wildman–Crippen LogP) is 7.37. The standard InChI is InChI=1S/C32H42ClN4O4PSi/c1-23(2)39-42(38,40-24(3)4)25(5)19-26(20-37-22-36-29-30(33)34-21-35-31(29)37)41-43(32(6,7)8,27-15-11-9-12-16-27)28-17-13-10-14-18-28/h9-19,21-24,26H,20H2,1-8H3/b25-19+. The minimum atomic E-state index is -3.65. The van der Waals surface area contributed by atoms with Crippen molar-refractivity contribution in [2.24, 2.45) is 0 Å². The first kappa shape index (κ1) is 33.2. The third-order valence-electron chi connectivity index (χ3n) is 7.04. The van der Waals surface area contributed by atoms with Gasteiger partial charge in [-0.2, -0.15) is 0 Å². The van der Waals surface area contributed by atoms with E-state index in [2.05, 4.69) is 84.3 Å². The van der Waals surface area contributed by atoms with Crippen LogP contribution in [0.2, 0.25) is 10.2 Å². The third-order valence-corrected chi connectivity index (χ3v) is 14.8. The highest BCUT2D eigenvalue weighted by atomic mass is 35.5. The molecule has 0 spiro atoms. The number of imidazole rings is 1. The number of allylic oxidation sites excluding steroid dienone is 1. The van der Waals surface area contributed by atoms with Crippen LogP contribution >= 0.6 is 19.2 Å². The molecule has 2 aromatic heterocycles. The van der Waals surface area contributed by atoms with Gasteiger partial charge in [0.25, 0.3) is 8.32 Å². The molecule has 0 N–H and O–H groups in total. The number of aromatic nitrogens is 4. The van der Waals surface area contributed by atoms with Crippen LogP contribution in [0.4, 0.5) is 0 Å². The van der Waals surface area contributed by atoms with E-state index in [0.717, 1.165) is 10.4 Å². The molecule has 4 aromatic rings. The van der Waals surface area contributed by atoms with Crippen molar-refractivity contribution in [3.63, 3.8) is 0 Å². The number of hydrogen-bond donors (Lipinski definition) is 0. The van der Waals surface area contributed by atoms with Crippen LogP contribution in [-0.4, -0.2) is 46.1 Å². The van der Waals surface area contributed by atoms with Gasteiger partial charge < -0.3 is 18.0 Å². The Hall–Kier alpha value is -2.65. The van der Waals surface area contributed by atoms with E-state index in [1.165, 1.54) is 6.33 Å². The molecule has 43 heavy (non-hydrogen) atoms. The maximum atomic E-state index is 14.2. The maximum absolute atomic E-state index is 14.2. The van der Waals surface area contributed by atoms with Gasteiger partial charge in [0.2, 0.25) is 0 Å². The molecule has 0 bridgehead atoms. The molecule has 0 fully saturated rings. The van der Waals surface area contributed by atoms with E-state index in [4.69, 9.17) is 25.1 Å². The summed E-state index contributed by atoms with van der Waals surface area (Å²) in [5.41, 5.74) is 1.09. The number of nitrogens with zero attached hydrogens (tertiary/aromatic N) is 4. The fourth-order valence-electron chi connectivity index (χ4n) is 5.33. The molecule has 1 atom stereocenters. The number of benzene rings is 2. The summed E-state index contributed by atoms with van der Waals surface area (Å²) < 4.78 is 35.5. The summed E-state index contributed by atoms with van der Waals surface area (Å²) in [7, 11) is -6.67. The van der Waals surface area contributed by atoms with Gasteiger partial charge in [0.1, 0.15) is 11.8 Å². The van der Waals surface area contributed by atoms with Crippen molar-refractivity contribution < 1.29 is 18.0 Å². The molecular weight excluding hydrogens is 599 g/mol. The van der Waals surface area contributed by atoms with Gasteiger partial charge in [-0.25, -0.2) is 15.0 Å². The summed E-state index contributed by atoms with van der Waals surface area (Å²) in [6, 6.07) is 20.8. The van der Waals surface area contributed by atoms with Crippen molar-refractivity contribution in [3.05, 3.63) is 89.9 Å². The van der Waals surface area contributed by atoms with Crippen LogP contribution in [0.1, 0.15) is 55.4 Å². The predicted molar refractivity (Wildman–Crippen MR) is 177 cm³/mol. The van der Waals surface area contributed by atoms with E-state index < -0.39 is 22.0 Å². The molecule has 0 amide bonds. The second-order valence-electron chi connectivity index (χ2n) is 12.2. The van der Waals surface area contributed by atoms with Gasteiger partial charge in [0.05, 0.1) is 31.2 Å². The van der Waals surface area contributed by atoms with Gasteiger partial charge in [0, 0.05) is 5.31 Å². The van der Waals surface area contributed by atoms with E-state index in [1.54, 1.807) is 13.3 Å². The molecule has 0 saturated heterocycles. The number of halogens is 1. The molecule has 0 aliphatic rings. The Kier molecular flexibility index (Phi) is 10.5. The zero-order valence-electron chi connectivity index (χ0n) is 26.2. The Morgan fingerprint density at radius 3 is 1.95 bits per heavy atom. The topological polar surface area (TPSA) is 88.4 Å². The Bertz CT molecular complexity index is 1540. The number of fused-ring (bicyclic) bond motifs is 1. The molecule has 230 valence electrons. The lowest BCUT2D eigenvalue weighted by Crippen LogP contribution is -2.67. The van der Waals surface area contributed by atoms with Gasteiger partial charge >= 0.3 is 7.60 Å². The lowest BCUT2D eigenvalue weighted by atomic mass is 10.2. The first-order valence-corrected chi connectivity index (χ1v) is 18.4. The largest absolute Gasteiger partial charge is 0.399 e. The minimum Gasteiger partial charge on any atom is -0.399 e. The average Bonchev–Trinajstić information content (AvgIpc) is 3.34. The summed E-state index contributed by atoms with van der Waals surface area (Å²) in [6.45, 7) is 16.2. The number of hydrogen-bond acceptors (Lipinski definition) is 7. The Morgan fingerprint density at radius 1 is 0.930 bits per heavy atom. The lowest BCUT2D eigenvalue weighted by molar-refractivity contribution is 0.146. The minimum absolute atomic E-state index is 0.278. The molecule has 1 unspecified atom stereocenters. The Labute approximate surface area is 261 Å². The Balaban J connectivity index is 1.94. The second kappa shape index (κ2) is 13.5. The zero-order valence-corrected chi connectivity index (χ0v) is 28.8. The molecule has 2 heterocycles.